The minimum atomic E-state index is -0.496. The van der Waals surface area contributed by atoms with Gasteiger partial charge in [0.15, 0.2) is 0 Å². The highest BCUT2D eigenvalue weighted by Crippen LogP contribution is 2.65. The summed E-state index contributed by atoms with van der Waals surface area (Å²) in [5.41, 5.74) is 0.326. The quantitative estimate of drug-likeness (QED) is 0.235. The zero-order chi connectivity index (χ0) is 22.1. The molecule has 2 saturated carbocycles. The number of hydrogen-bond donors (Lipinski definition) is 0. The first kappa shape index (κ1) is 19.0. The average molecular weight is 433 g/mol. The van der Waals surface area contributed by atoms with Crippen LogP contribution in [-0.2, 0) is 9.59 Å². The number of allylic oxidation sites excluding steroid dienone is 2. The fourth-order valence-corrected chi connectivity index (χ4v) is 5.74. The predicted molar refractivity (Wildman–Crippen MR) is 111 cm³/mol. The summed E-state index contributed by atoms with van der Waals surface area (Å²) in [6.45, 7) is 0. The van der Waals surface area contributed by atoms with E-state index in [1.165, 1.54) is 31.5 Å². The number of hydrazone groups is 1. The van der Waals surface area contributed by atoms with E-state index in [1.807, 2.05) is 0 Å². The number of amides is 2. The van der Waals surface area contributed by atoms with Gasteiger partial charge in [0, 0.05) is 12.1 Å². The first-order chi connectivity index (χ1) is 15.5. The Labute approximate surface area is 182 Å². The van der Waals surface area contributed by atoms with E-state index >= 15 is 0 Å². The fraction of sp³-hybridized carbons (Fsp3) is 0.348. The molecule has 2 heterocycles. The van der Waals surface area contributed by atoms with Gasteiger partial charge >= 0.3 is 0 Å². The second-order valence-electron chi connectivity index (χ2n) is 8.73. The summed E-state index contributed by atoms with van der Waals surface area (Å²) in [4.78, 5) is 36.6. The number of nitrogens with zero attached hydrogens (tertiary/aromatic N) is 3. The third kappa shape index (κ3) is 2.60. The Bertz CT molecular complexity index is 1190. The van der Waals surface area contributed by atoms with Gasteiger partial charge in [0.25, 0.3) is 17.5 Å². The van der Waals surface area contributed by atoms with E-state index < -0.39 is 4.92 Å². The van der Waals surface area contributed by atoms with Gasteiger partial charge in [-0.2, -0.15) is 10.1 Å². The molecule has 6 atom stereocenters. The molecule has 2 aromatic rings. The van der Waals surface area contributed by atoms with Gasteiger partial charge in [-0.25, -0.2) is 0 Å². The van der Waals surface area contributed by atoms with Crippen molar-refractivity contribution < 1.29 is 23.7 Å². The summed E-state index contributed by atoms with van der Waals surface area (Å²) >= 11 is 0. The Kier molecular flexibility index (Phi) is 3.93. The first-order valence-electron chi connectivity index (χ1n) is 10.5. The summed E-state index contributed by atoms with van der Waals surface area (Å²) in [7, 11) is 1.46. The molecule has 162 valence electrons. The van der Waals surface area contributed by atoms with Crippen molar-refractivity contribution in [3.63, 3.8) is 0 Å². The molecule has 2 bridgehead atoms. The number of imide groups is 1. The molecule has 5 aliphatic rings. The van der Waals surface area contributed by atoms with Crippen LogP contribution in [0.5, 0.6) is 5.75 Å². The summed E-state index contributed by atoms with van der Waals surface area (Å²) in [5.74, 6) is 1.33. The van der Waals surface area contributed by atoms with Crippen LogP contribution in [0, 0.1) is 45.6 Å². The van der Waals surface area contributed by atoms with Crippen molar-refractivity contribution in [2.75, 3.05) is 7.11 Å². The Morgan fingerprint density at radius 3 is 2.44 bits per heavy atom. The Morgan fingerprint density at radius 2 is 1.81 bits per heavy atom. The smallest absolute Gasteiger partial charge is 0.270 e. The van der Waals surface area contributed by atoms with Gasteiger partial charge < -0.3 is 9.15 Å². The zero-order valence-electron chi connectivity index (χ0n) is 17.1. The number of carbonyl (C=O) groups is 2. The summed E-state index contributed by atoms with van der Waals surface area (Å²) in [6, 6.07) is 7.47. The van der Waals surface area contributed by atoms with Gasteiger partial charge in [-0.05, 0) is 48.3 Å². The highest BCUT2D eigenvalue weighted by molar-refractivity contribution is 6.06. The monoisotopic (exact) mass is 433 g/mol. The lowest BCUT2D eigenvalue weighted by Gasteiger charge is -2.37. The average Bonchev–Trinajstić information content (AvgIpc) is 3.44. The van der Waals surface area contributed by atoms with E-state index in [1.54, 1.807) is 12.1 Å². The molecule has 0 radical (unpaired) electrons. The van der Waals surface area contributed by atoms with Crippen LogP contribution in [0.15, 0.2) is 52.0 Å². The van der Waals surface area contributed by atoms with E-state index in [-0.39, 0.29) is 41.2 Å². The highest BCUT2D eigenvalue weighted by atomic mass is 16.6. The van der Waals surface area contributed by atoms with Gasteiger partial charge in [-0.1, -0.05) is 12.2 Å². The van der Waals surface area contributed by atoms with Gasteiger partial charge in [0.1, 0.15) is 17.3 Å². The van der Waals surface area contributed by atoms with E-state index in [0.29, 0.717) is 34.7 Å². The maximum Gasteiger partial charge on any atom is 0.270 e. The number of ether oxygens (including phenoxy) is 1. The maximum absolute atomic E-state index is 13.0. The van der Waals surface area contributed by atoms with E-state index in [9.17, 15) is 19.7 Å². The lowest BCUT2D eigenvalue weighted by molar-refractivity contribution is -0.384. The SMILES string of the molecule is COc1ccc([N+](=O)[O-])cc1-c1ccc(/C=N\N2C(=O)[C@@H]3[C@@H]4C=C[C@H]([C@@H]5C[C@H]45)[C@H]3C2=O)o1. The van der Waals surface area contributed by atoms with E-state index in [2.05, 4.69) is 17.3 Å². The minimum Gasteiger partial charge on any atom is -0.496 e. The van der Waals surface area contributed by atoms with Crippen molar-refractivity contribution in [1.82, 2.24) is 5.01 Å². The van der Waals surface area contributed by atoms with Crippen LogP contribution in [0.3, 0.4) is 0 Å². The van der Waals surface area contributed by atoms with Gasteiger partial charge in [0.05, 0.1) is 35.6 Å². The molecule has 2 amide bonds. The molecule has 7 rings (SSSR count). The number of carbonyl (C=O) groups excluding carboxylic acids is 2. The number of nitro benzene ring substituents is 1. The van der Waals surface area contributed by atoms with E-state index in [4.69, 9.17) is 9.15 Å². The molecular weight excluding hydrogens is 414 g/mol. The zero-order valence-corrected chi connectivity index (χ0v) is 17.1. The number of rotatable bonds is 5. The number of methoxy groups -OCH3 is 1. The molecule has 9 heteroatoms. The van der Waals surface area contributed by atoms with Crippen LogP contribution in [0.4, 0.5) is 5.69 Å². The highest BCUT2D eigenvalue weighted by Gasteiger charge is 2.67. The lowest BCUT2D eigenvalue weighted by Crippen LogP contribution is -2.40. The summed E-state index contributed by atoms with van der Waals surface area (Å²) in [6.07, 6.45) is 6.67. The number of furan rings is 1. The molecule has 4 aliphatic carbocycles. The normalized spacial score (nSPS) is 31.8. The number of nitro groups is 1. The molecule has 1 saturated heterocycles. The second-order valence-corrected chi connectivity index (χ2v) is 8.73. The van der Waals surface area contributed by atoms with Crippen LogP contribution in [0.1, 0.15) is 12.2 Å². The number of benzene rings is 1. The molecule has 1 aliphatic heterocycles. The van der Waals surface area contributed by atoms with Crippen molar-refractivity contribution in [3.8, 4) is 17.1 Å². The van der Waals surface area contributed by atoms with Gasteiger partial charge in [0.2, 0.25) is 0 Å². The summed E-state index contributed by atoms with van der Waals surface area (Å²) in [5, 5.41) is 16.3. The minimum absolute atomic E-state index is 0.0930. The van der Waals surface area contributed by atoms with Gasteiger partial charge in [-0.3, -0.25) is 19.7 Å². The second kappa shape index (κ2) is 6.62. The first-order valence-corrected chi connectivity index (χ1v) is 10.5. The molecule has 0 unspecified atom stereocenters. The molecule has 0 spiro atoms. The number of hydrogen-bond acceptors (Lipinski definition) is 7. The lowest BCUT2D eigenvalue weighted by atomic mass is 9.63. The van der Waals surface area contributed by atoms with Crippen molar-refractivity contribution in [3.05, 3.63) is 58.4 Å². The van der Waals surface area contributed by atoms with Crippen molar-refractivity contribution in [1.29, 1.82) is 0 Å². The largest absolute Gasteiger partial charge is 0.496 e. The molecule has 1 aromatic carbocycles. The maximum atomic E-state index is 13.0. The fourth-order valence-electron chi connectivity index (χ4n) is 5.74. The third-order valence-corrected chi connectivity index (χ3v) is 7.23. The molecular formula is C23H19N3O6. The predicted octanol–water partition coefficient (Wildman–Crippen LogP) is 3.25. The van der Waals surface area contributed by atoms with Crippen molar-refractivity contribution in [2.45, 2.75) is 6.42 Å². The molecule has 3 fully saturated rings. The van der Waals surface area contributed by atoms with Crippen LogP contribution < -0.4 is 4.74 Å². The van der Waals surface area contributed by atoms with Gasteiger partial charge in [-0.15, -0.1) is 0 Å². The topological polar surface area (TPSA) is 115 Å². The van der Waals surface area contributed by atoms with Crippen LogP contribution in [-0.4, -0.2) is 35.1 Å². The molecule has 9 nitrogen and oxygen atoms in total. The third-order valence-electron chi connectivity index (χ3n) is 7.23. The molecule has 0 N–H and O–H groups in total. The Balaban J connectivity index is 1.26. The van der Waals surface area contributed by atoms with Crippen molar-refractivity contribution >= 4 is 23.7 Å². The van der Waals surface area contributed by atoms with Crippen LogP contribution >= 0.6 is 0 Å². The Hall–Kier alpha value is -3.75. The van der Waals surface area contributed by atoms with E-state index in [0.717, 1.165) is 11.4 Å². The summed E-state index contributed by atoms with van der Waals surface area (Å²) < 4.78 is 11.0. The van der Waals surface area contributed by atoms with Crippen molar-refractivity contribution in [2.24, 2.45) is 40.6 Å². The standard InChI is InChI=1S/C23H19N3O6/c1-31-18-6-2-11(26(29)30)8-17(18)19-7-3-12(32-19)10-24-25-22(27)20-13-4-5-14(16-9-15(13)16)21(20)23(25)28/h2-8,10,13-16,20-21H,9H2,1H3/b24-10-/t13-,14-,15-,16+,20-,21-/m1/s1. The van der Waals surface area contributed by atoms with Crippen LogP contribution in [0.25, 0.3) is 11.3 Å². The number of non-ortho nitro benzene ring substituents is 1. The molecule has 1 aromatic heterocycles. The molecule has 32 heavy (non-hydrogen) atoms. The van der Waals surface area contributed by atoms with Crippen LogP contribution in [0.2, 0.25) is 0 Å². The Morgan fingerprint density at radius 1 is 1.12 bits per heavy atom.